The van der Waals surface area contributed by atoms with Crippen LogP contribution in [0.4, 0.5) is 10.5 Å². The van der Waals surface area contributed by atoms with Gasteiger partial charge in [-0.05, 0) is 50.5 Å². The number of urea groups is 1. The molecule has 2 aromatic carbocycles. The van der Waals surface area contributed by atoms with E-state index in [2.05, 4.69) is 15.4 Å². The van der Waals surface area contributed by atoms with E-state index >= 15 is 0 Å². The lowest BCUT2D eigenvalue weighted by Crippen LogP contribution is -2.52. The number of para-hydroxylation sites is 2. The first-order valence-electron chi connectivity index (χ1n) is 10.9. The second kappa shape index (κ2) is 11.5. The summed E-state index contributed by atoms with van der Waals surface area (Å²) in [5.74, 6) is 0.541. The van der Waals surface area contributed by atoms with Gasteiger partial charge in [0.2, 0.25) is 10.0 Å². The molecule has 1 aliphatic rings. The third-order valence-corrected chi connectivity index (χ3v) is 7.03. The molecule has 1 heterocycles. The van der Waals surface area contributed by atoms with Crippen molar-refractivity contribution in [3.05, 3.63) is 54.1 Å². The van der Waals surface area contributed by atoms with Gasteiger partial charge in [-0.3, -0.25) is 0 Å². The van der Waals surface area contributed by atoms with Crippen LogP contribution in [0.15, 0.2) is 53.4 Å². The minimum absolute atomic E-state index is 0.214. The Morgan fingerprint density at radius 2 is 1.88 bits per heavy atom. The smallest absolute Gasteiger partial charge is 0.319 e. The summed E-state index contributed by atoms with van der Waals surface area (Å²) in [7, 11) is -2.07. The Morgan fingerprint density at radius 1 is 1.15 bits per heavy atom. The predicted octanol–water partition coefficient (Wildman–Crippen LogP) is 2.40. The molecule has 0 spiro atoms. The van der Waals surface area contributed by atoms with Gasteiger partial charge in [-0.1, -0.05) is 29.8 Å². The number of aryl methyl sites for hydroxylation is 1. The van der Waals surface area contributed by atoms with Crippen molar-refractivity contribution in [3.8, 4) is 5.75 Å². The van der Waals surface area contributed by atoms with Crippen LogP contribution >= 0.6 is 0 Å². The van der Waals surface area contributed by atoms with E-state index in [9.17, 15) is 18.3 Å². The molecule has 2 amide bonds. The van der Waals surface area contributed by atoms with Crippen LogP contribution in [0.2, 0.25) is 0 Å². The molecule has 0 bridgehead atoms. The normalized spacial score (nSPS) is 20.8. The highest BCUT2D eigenvalue weighted by atomic mass is 32.2. The molecular weight excluding hydrogens is 446 g/mol. The van der Waals surface area contributed by atoms with Crippen LogP contribution in [-0.4, -0.2) is 58.1 Å². The lowest BCUT2D eigenvalue weighted by atomic mass is 9.97. The van der Waals surface area contributed by atoms with Crippen molar-refractivity contribution in [3.63, 3.8) is 0 Å². The summed E-state index contributed by atoms with van der Waals surface area (Å²) >= 11 is 0. The summed E-state index contributed by atoms with van der Waals surface area (Å²) in [5.41, 5.74) is 1.52. The number of hydrogen-bond acceptors (Lipinski definition) is 6. The zero-order valence-electron chi connectivity index (χ0n) is 18.8. The minimum Gasteiger partial charge on any atom is -0.495 e. The van der Waals surface area contributed by atoms with Crippen LogP contribution in [-0.2, 0) is 14.8 Å². The molecule has 3 atom stereocenters. The maximum Gasteiger partial charge on any atom is 0.319 e. The van der Waals surface area contributed by atoms with Gasteiger partial charge in [0.25, 0.3) is 0 Å². The largest absolute Gasteiger partial charge is 0.495 e. The number of aliphatic hydroxyl groups is 1. The highest BCUT2D eigenvalue weighted by Crippen LogP contribution is 2.24. The first kappa shape index (κ1) is 25.0. The molecular formula is C23H31N3O6S. The lowest BCUT2D eigenvalue weighted by Gasteiger charge is -2.36. The molecule has 0 aromatic heterocycles. The van der Waals surface area contributed by atoms with E-state index in [-0.39, 0.29) is 30.2 Å². The monoisotopic (exact) mass is 477 g/mol. The number of nitrogens with one attached hydrogen (secondary N) is 3. The van der Waals surface area contributed by atoms with Crippen LogP contribution < -0.4 is 20.1 Å². The fraction of sp³-hybridized carbons (Fsp3) is 0.435. The van der Waals surface area contributed by atoms with E-state index in [4.69, 9.17) is 9.47 Å². The third kappa shape index (κ3) is 6.91. The van der Waals surface area contributed by atoms with E-state index in [0.717, 1.165) is 5.56 Å². The number of methoxy groups -OCH3 is 1. The SMILES string of the molecule is COc1ccccc1NC(=O)N[C@@H]1CC[C@H](CCNS(=O)(=O)c2ccc(C)cc2)O[C@H]1CO. The molecule has 33 heavy (non-hydrogen) atoms. The number of benzene rings is 2. The molecule has 2 aromatic rings. The van der Waals surface area contributed by atoms with Gasteiger partial charge >= 0.3 is 6.03 Å². The number of carbonyl (C=O) groups is 1. The highest BCUT2D eigenvalue weighted by molar-refractivity contribution is 7.89. The number of anilines is 1. The fourth-order valence-electron chi connectivity index (χ4n) is 3.74. The van der Waals surface area contributed by atoms with E-state index < -0.39 is 22.2 Å². The van der Waals surface area contributed by atoms with Gasteiger partial charge in [-0.2, -0.15) is 0 Å². The lowest BCUT2D eigenvalue weighted by molar-refractivity contribution is -0.0884. The van der Waals surface area contributed by atoms with E-state index in [1.807, 2.05) is 6.92 Å². The van der Waals surface area contributed by atoms with E-state index in [1.165, 1.54) is 7.11 Å². The van der Waals surface area contributed by atoms with Crippen LogP contribution in [0.25, 0.3) is 0 Å². The zero-order valence-corrected chi connectivity index (χ0v) is 19.6. The first-order valence-corrected chi connectivity index (χ1v) is 12.3. The van der Waals surface area contributed by atoms with Crippen molar-refractivity contribution in [2.24, 2.45) is 0 Å². The Kier molecular flexibility index (Phi) is 8.67. The van der Waals surface area contributed by atoms with Crippen LogP contribution in [0.3, 0.4) is 0 Å². The average Bonchev–Trinajstić information content (AvgIpc) is 2.80. The Morgan fingerprint density at radius 3 is 2.58 bits per heavy atom. The number of sulfonamides is 1. The highest BCUT2D eigenvalue weighted by Gasteiger charge is 2.32. The van der Waals surface area contributed by atoms with Gasteiger partial charge in [-0.15, -0.1) is 0 Å². The van der Waals surface area contributed by atoms with Gasteiger partial charge in [0.05, 0.1) is 36.4 Å². The standard InChI is InChI=1S/C23H31N3O6S/c1-16-7-10-18(11-8-16)33(29,30)24-14-13-17-9-12-20(22(15-27)32-17)26-23(28)25-19-5-3-4-6-21(19)31-2/h3-8,10-11,17,20,22,24,27H,9,12-15H2,1-2H3,(H2,25,26,28)/t17-,20-,22+/m1/s1. The van der Waals surface area contributed by atoms with Gasteiger partial charge in [0, 0.05) is 6.54 Å². The van der Waals surface area contributed by atoms with E-state index in [0.29, 0.717) is 30.7 Å². The number of amides is 2. The Labute approximate surface area is 194 Å². The van der Waals surface area contributed by atoms with Crippen molar-refractivity contribution in [1.82, 2.24) is 10.0 Å². The first-order chi connectivity index (χ1) is 15.8. The van der Waals surface area contributed by atoms with Gasteiger partial charge in [-0.25, -0.2) is 17.9 Å². The molecule has 9 nitrogen and oxygen atoms in total. The summed E-state index contributed by atoms with van der Waals surface area (Å²) in [5, 5.41) is 15.4. The van der Waals surface area contributed by atoms with E-state index in [1.54, 1.807) is 48.5 Å². The van der Waals surface area contributed by atoms with Crippen LogP contribution in [0.1, 0.15) is 24.8 Å². The number of aliphatic hydroxyl groups excluding tert-OH is 1. The number of rotatable bonds is 9. The topological polar surface area (TPSA) is 126 Å². The number of ether oxygens (including phenoxy) is 2. The third-order valence-electron chi connectivity index (χ3n) is 5.56. The van der Waals surface area contributed by atoms with Gasteiger partial charge in [0.15, 0.2) is 0 Å². The predicted molar refractivity (Wildman–Crippen MR) is 125 cm³/mol. The van der Waals surface area contributed by atoms with Gasteiger partial charge in [0.1, 0.15) is 11.9 Å². The maximum absolute atomic E-state index is 12.4. The van der Waals surface area contributed by atoms with Crippen molar-refractivity contribution in [2.45, 2.75) is 49.3 Å². The molecule has 1 aliphatic heterocycles. The Hall–Kier alpha value is -2.66. The van der Waals surface area contributed by atoms with Crippen LogP contribution in [0, 0.1) is 6.92 Å². The number of carbonyl (C=O) groups excluding carboxylic acids is 1. The van der Waals surface area contributed by atoms with Crippen molar-refractivity contribution in [1.29, 1.82) is 0 Å². The minimum atomic E-state index is -3.59. The zero-order chi connectivity index (χ0) is 23.8. The molecule has 3 rings (SSSR count). The summed E-state index contributed by atoms with van der Waals surface area (Å²) < 4.78 is 38.6. The molecule has 0 unspecified atom stereocenters. The van der Waals surface area contributed by atoms with Crippen molar-refractivity contribution >= 4 is 21.7 Å². The second-order valence-electron chi connectivity index (χ2n) is 7.96. The van der Waals surface area contributed by atoms with Crippen LogP contribution in [0.5, 0.6) is 5.75 Å². The maximum atomic E-state index is 12.4. The van der Waals surface area contributed by atoms with Gasteiger partial charge < -0.3 is 25.2 Å². The quantitative estimate of drug-likeness (QED) is 0.439. The Balaban J connectivity index is 1.48. The summed E-state index contributed by atoms with van der Waals surface area (Å²) in [6.07, 6.45) is 0.878. The molecule has 10 heteroatoms. The molecule has 1 fully saturated rings. The summed E-state index contributed by atoms with van der Waals surface area (Å²) in [4.78, 5) is 12.7. The average molecular weight is 478 g/mol. The molecule has 1 saturated heterocycles. The fourth-order valence-corrected chi connectivity index (χ4v) is 4.79. The molecule has 0 aliphatic carbocycles. The molecule has 0 radical (unpaired) electrons. The number of hydrogen-bond donors (Lipinski definition) is 4. The Bertz CT molecular complexity index is 1030. The summed E-state index contributed by atoms with van der Waals surface area (Å²) in [6, 6.07) is 12.9. The van der Waals surface area contributed by atoms with Crippen molar-refractivity contribution in [2.75, 3.05) is 25.6 Å². The molecule has 180 valence electrons. The van der Waals surface area contributed by atoms with Crippen molar-refractivity contribution < 1.29 is 27.8 Å². The summed E-state index contributed by atoms with van der Waals surface area (Å²) in [6.45, 7) is 1.85. The molecule has 0 saturated carbocycles. The molecule has 4 N–H and O–H groups in total. The second-order valence-corrected chi connectivity index (χ2v) is 9.73.